The Hall–Kier alpha value is -2.70. The molecule has 1 aromatic carbocycles. The number of aromatic amines is 1. The number of aromatic nitrogens is 3. The van der Waals surface area contributed by atoms with Crippen molar-refractivity contribution in [3.8, 4) is 17.1 Å². The second-order valence-corrected chi connectivity index (χ2v) is 4.59. The molecule has 1 unspecified atom stereocenters. The predicted molar refractivity (Wildman–Crippen MR) is 79.7 cm³/mol. The van der Waals surface area contributed by atoms with E-state index in [1.54, 1.807) is 45.2 Å². The lowest BCUT2D eigenvalue weighted by atomic mass is 10.1. The lowest BCUT2D eigenvalue weighted by Crippen LogP contribution is -2.25. The number of nitrogens with zero attached hydrogens (tertiary/aromatic N) is 2. The molecule has 1 atom stereocenters. The van der Waals surface area contributed by atoms with Crippen LogP contribution in [0.4, 0.5) is 0 Å². The SMILES string of the molecule is CCOC(=O)C(C)c1nnc(-c2ccc(OC)cc2)[nH]c1=O. The summed E-state index contributed by atoms with van der Waals surface area (Å²) < 4.78 is 9.95. The van der Waals surface area contributed by atoms with Crippen molar-refractivity contribution in [1.29, 1.82) is 0 Å². The van der Waals surface area contributed by atoms with Gasteiger partial charge in [-0.1, -0.05) is 0 Å². The zero-order valence-corrected chi connectivity index (χ0v) is 12.6. The molecule has 2 rings (SSSR count). The second-order valence-electron chi connectivity index (χ2n) is 4.59. The molecule has 7 heteroatoms. The quantitative estimate of drug-likeness (QED) is 0.841. The van der Waals surface area contributed by atoms with Gasteiger partial charge in [0.2, 0.25) is 0 Å². The molecule has 2 aromatic rings. The summed E-state index contributed by atoms with van der Waals surface area (Å²) in [6.07, 6.45) is 0. The Morgan fingerprint density at radius 2 is 1.95 bits per heavy atom. The van der Waals surface area contributed by atoms with Crippen LogP contribution in [0.1, 0.15) is 25.5 Å². The molecule has 22 heavy (non-hydrogen) atoms. The summed E-state index contributed by atoms with van der Waals surface area (Å²) in [4.78, 5) is 26.4. The van der Waals surface area contributed by atoms with Gasteiger partial charge in [0.1, 0.15) is 17.4 Å². The summed E-state index contributed by atoms with van der Waals surface area (Å²) >= 11 is 0. The highest BCUT2D eigenvalue weighted by Gasteiger charge is 2.22. The number of rotatable bonds is 5. The third-order valence-corrected chi connectivity index (χ3v) is 3.14. The number of benzene rings is 1. The summed E-state index contributed by atoms with van der Waals surface area (Å²) in [5.41, 5.74) is 0.276. The highest BCUT2D eigenvalue weighted by atomic mass is 16.5. The van der Waals surface area contributed by atoms with Crippen molar-refractivity contribution in [2.75, 3.05) is 13.7 Å². The summed E-state index contributed by atoms with van der Waals surface area (Å²) in [6, 6.07) is 7.02. The maximum Gasteiger partial charge on any atom is 0.315 e. The largest absolute Gasteiger partial charge is 0.497 e. The molecule has 0 saturated carbocycles. The summed E-state index contributed by atoms with van der Waals surface area (Å²) in [6.45, 7) is 3.51. The zero-order valence-electron chi connectivity index (χ0n) is 12.6. The molecular weight excluding hydrogens is 286 g/mol. The van der Waals surface area contributed by atoms with E-state index in [2.05, 4.69) is 15.2 Å². The first-order chi connectivity index (χ1) is 10.6. The van der Waals surface area contributed by atoms with Gasteiger partial charge in [0.15, 0.2) is 5.82 Å². The third kappa shape index (κ3) is 3.30. The Morgan fingerprint density at radius 1 is 1.27 bits per heavy atom. The Bertz CT molecular complexity index is 709. The molecule has 0 fully saturated rings. The number of hydrogen-bond acceptors (Lipinski definition) is 6. The number of hydrogen-bond donors (Lipinski definition) is 1. The first-order valence-electron chi connectivity index (χ1n) is 6.84. The highest BCUT2D eigenvalue weighted by Crippen LogP contribution is 2.18. The fraction of sp³-hybridized carbons (Fsp3) is 0.333. The number of esters is 1. The van der Waals surface area contributed by atoms with E-state index in [0.717, 1.165) is 0 Å². The standard InChI is InChI=1S/C15H17N3O4/c1-4-22-15(20)9(2)12-14(19)16-13(18-17-12)10-5-7-11(21-3)8-6-10/h5-9H,4H2,1-3H3,(H,16,18,19). The van der Waals surface area contributed by atoms with Crippen LogP contribution in [0.25, 0.3) is 11.4 Å². The molecule has 1 aromatic heterocycles. The maximum absolute atomic E-state index is 12.1. The zero-order chi connectivity index (χ0) is 16.1. The van der Waals surface area contributed by atoms with E-state index in [-0.39, 0.29) is 12.3 Å². The summed E-state index contributed by atoms with van der Waals surface area (Å²) in [5, 5.41) is 7.85. The van der Waals surface area contributed by atoms with Crippen LogP contribution in [0.3, 0.4) is 0 Å². The number of nitrogens with one attached hydrogen (secondary N) is 1. The highest BCUT2D eigenvalue weighted by molar-refractivity contribution is 5.76. The monoisotopic (exact) mass is 303 g/mol. The average Bonchev–Trinajstić information content (AvgIpc) is 2.54. The first-order valence-corrected chi connectivity index (χ1v) is 6.84. The van der Waals surface area contributed by atoms with Gasteiger partial charge in [-0.2, -0.15) is 0 Å². The van der Waals surface area contributed by atoms with Crippen molar-refractivity contribution in [1.82, 2.24) is 15.2 Å². The molecule has 0 spiro atoms. The maximum atomic E-state index is 12.1. The minimum atomic E-state index is -0.763. The van der Waals surface area contributed by atoms with Gasteiger partial charge in [-0.25, -0.2) is 0 Å². The molecule has 0 saturated heterocycles. The van der Waals surface area contributed by atoms with Gasteiger partial charge in [-0.3, -0.25) is 9.59 Å². The van der Waals surface area contributed by atoms with Crippen molar-refractivity contribution < 1.29 is 14.3 Å². The number of ether oxygens (including phenoxy) is 2. The average molecular weight is 303 g/mol. The van der Waals surface area contributed by atoms with Crippen molar-refractivity contribution >= 4 is 5.97 Å². The molecular formula is C15H17N3O4. The fourth-order valence-corrected chi connectivity index (χ4v) is 1.89. The molecule has 0 amide bonds. The summed E-state index contributed by atoms with van der Waals surface area (Å²) in [5.74, 6) is -0.236. The van der Waals surface area contributed by atoms with Gasteiger partial charge >= 0.3 is 5.97 Å². The van der Waals surface area contributed by atoms with Crippen LogP contribution in [-0.4, -0.2) is 34.9 Å². The molecule has 0 aliphatic rings. The van der Waals surface area contributed by atoms with Crippen LogP contribution < -0.4 is 10.3 Å². The number of carbonyl (C=O) groups is 1. The van der Waals surface area contributed by atoms with E-state index in [0.29, 0.717) is 17.1 Å². The van der Waals surface area contributed by atoms with Crippen molar-refractivity contribution in [3.05, 3.63) is 40.3 Å². The smallest absolute Gasteiger partial charge is 0.315 e. The van der Waals surface area contributed by atoms with E-state index in [1.807, 2.05) is 0 Å². The number of carbonyl (C=O) groups excluding carboxylic acids is 1. The first kappa shape index (κ1) is 15.7. The van der Waals surface area contributed by atoms with Crippen LogP contribution in [-0.2, 0) is 9.53 Å². The van der Waals surface area contributed by atoms with E-state index >= 15 is 0 Å². The molecule has 0 radical (unpaired) electrons. The summed E-state index contributed by atoms with van der Waals surface area (Å²) in [7, 11) is 1.57. The predicted octanol–water partition coefficient (Wildman–Crippen LogP) is 1.51. The number of methoxy groups -OCH3 is 1. The normalized spacial score (nSPS) is 11.8. The minimum Gasteiger partial charge on any atom is -0.497 e. The lowest BCUT2D eigenvalue weighted by Gasteiger charge is -2.09. The third-order valence-electron chi connectivity index (χ3n) is 3.14. The van der Waals surface area contributed by atoms with E-state index < -0.39 is 17.4 Å². The van der Waals surface area contributed by atoms with Crippen LogP contribution in [0.15, 0.2) is 29.1 Å². The molecule has 7 nitrogen and oxygen atoms in total. The van der Waals surface area contributed by atoms with Crippen molar-refractivity contribution in [2.45, 2.75) is 19.8 Å². The number of H-pyrrole nitrogens is 1. The second kappa shape index (κ2) is 6.84. The Labute approximate surface area is 127 Å². The molecule has 0 bridgehead atoms. The van der Waals surface area contributed by atoms with Gasteiger partial charge in [-0.15, -0.1) is 10.2 Å². The molecule has 0 aliphatic heterocycles. The van der Waals surface area contributed by atoms with Gasteiger partial charge in [-0.05, 0) is 38.1 Å². The van der Waals surface area contributed by atoms with E-state index in [4.69, 9.17) is 9.47 Å². The van der Waals surface area contributed by atoms with Gasteiger partial charge < -0.3 is 14.5 Å². The van der Waals surface area contributed by atoms with Gasteiger partial charge in [0, 0.05) is 5.56 Å². The topological polar surface area (TPSA) is 94.2 Å². The van der Waals surface area contributed by atoms with Gasteiger partial charge in [0.25, 0.3) is 5.56 Å². The molecule has 1 N–H and O–H groups in total. The van der Waals surface area contributed by atoms with Crippen molar-refractivity contribution in [3.63, 3.8) is 0 Å². The molecule has 0 aliphatic carbocycles. The van der Waals surface area contributed by atoms with E-state index in [1.165, 1.54) is 0 Å². The fourth-order valence-electron chi connectivity index (χ4n) is 1.89. The molecule has 1 heterocycles. The van der Waals surface area contributed by atoms with Crippen LogP contribution in [0.5, 0.6) is 5.75 Å². The minimum absolute atomic E-state index is 0.0377. The van der Waals surface area contributed by atoms with Gasteiger partial charge in [0.05, 0.1) is 13.7 Å². The van der Waals surface area contributed by atoms with Crippen LogP contribution >= 0.6 is 0 Å². The Balaban J connectivity index is 2.29. The lowest BCUT2D eigenvalue weighted by molar-refractivity contribution is -0.144. The Morgan fingerprint density at radius 3 is 2.50 bits per heavy atom. The van der Waals surface area contributed by atoms with E-state index in [9.17, 15) is 9.59 Å². The van der Waals surface area contributed by atoms with Crippen LogP contribution in [0.2, 0.25) is 0 Å². The van der Waals surface area contributed by atoms with Crippen LogP contribution in [0, 0.1) is 0 Å². The Kier molecular flexibility index (Phi) is 4.88. The molecule has 116 valence electrons. The van der Waals surface area contributed by atoms with Crippen molar-refractivity contribution in [2.24, 2.45) is 0 Å².